The van der Waals surface area contributed by atoms with E-state index in [1.165, 1.54) is 18.2 Å². The standard InChI is InChI=1S/C13H6BrF3N2/c14-8-1-2-12(9(15)5-8)19-13-10(16)3-7(6-18)4-11(13)17/h1-5,19H. The van der Waals surface area contributed by atoms with Gasteiger partial charge in [-0.05, 0) is 30.3 Å². The summed E-state index contributed by atoms with van der Waals surface area (Å²) in [5.41, 5.74) is -0.706. The van der Waals surface area contributed by atoms with Crippen molar-refractivity contribution in [1.82, 2.24) is 0 Å². The van der Waals surface area contributed by atoms with E-state index in [0.29, 0.717) is 4.47 Å². The van der Waals surface area contributed by atoms with Crippen LogP contribution < -0.4 is 5.32 Å². The average Bonchev–Trinajstić information content (AvgIpc) is 2.35. The number of nitriles is 1. The van der Waals surface area contributed by atoms with E-state index in [1.807, 2.05) is 0 Å². The fourth-order valence-electron chi connectivity index (χ4n) is 1.48. The monoisotopic (exact) mass is 326 g/mol. The van der Waals surface area contributed by atoms with Crippen LogP contribution in [0.15, 0.2) is 34.8 Å². The van der Waals surface area contributed by atoms with E-state index in [0.717, 1.165) is 12.1 Å². The third-order valence-electron chi connectivity index (χ3n) is 2.36. The van der Waals surface area contributed by atoms with Crippen LogP contribution in [0.5, 0.6) is 0 Å². The SMILES string of the molecule is N#Cc1cc(F)c(Nc2ccc(Br)cc2F)c(F)c1. The minimum atomic E-state index is -0.959. The topological polar surface area (TPSA) is 35.8 Å². The summed E-state index contributed by atoms with van der Waals surface area (Å²) in [5.74, 6) is -2.57. The number of hydrogen-bond donors (Lipinski definition) is 1. The van der Waals surface area contributed by atoms with Gasteiger partial charge in [-0.25, -0.2) is 13.2 Å². The molecule has 0 bridgehead atoms. The van der Waals surface area contributed by atoms with Crippen LogP contribution in [0.25, 0.3) is 0 Å². The van der Waals surface area contributed by atoms with E-state index < -0.39 is 23.1 Å². The molecule has 0 unspecified atom stereocenters. The van der Waals surface area contributed by atoms with E-state index in [-0.39, 0.29) is 11.3 Å². The van der Waals surface area contributed by atoms with Gasteiger partial charge in [-0.3, -0.25) is 0 Å². The molecule has 1 N–H and O–H groups in total. The molecule has 0 fully saturated rings. The van der Waals surface area contributed by atoms with E-state index in [2.05, 4.69) is 21.2 Å². The fourth-order valence-corrected chi connectivity index (χ4v) is 1.82. The number of benzene rings is 2. The van der Waals surface area contributed by atoms with Crippen molar-refractivity contribution in [2.45, 2.75) is 0 Å². The number of hydrogen-bond acceptors (Lipinski definition) is 2. The predicted octanol–water partition coefficient (Wildman–Crippen LogP) is 4.48. The van der Waals surface area contributed by atoms with Crippen molar-refractivity contribution in [3.63, 3.8) is 0 Å². The van der Waals surface area contributed by atoms with Gasteiger partial charge in [-0.15, -0.1) is 0 Å². The highest BCUT2D eigenvalue weighted by atomic mass is 79.9. The molecule has 6 heteroatoms. The maximum atomic E-state index is 13.6. The number of nitrogens with one attached hydrogen (secondary N) is 1. The first-order chi connectivity index (χ1) is 9.01. The van der Waals surface area contributed by atoms with Crippen LogP contribution in [0.2, 0.25) is 0 Å². The Balaban J connectivity index is 2.41. The lowest BCUT2D eigenvalue weighted by Crippen LogP contribution is -2.00. The van der Waals surface area contributed by atoms with Crippen LogP contribution in [0.4, 0.5) is 24.5 Å². The zero-order valence-electron chi connectivity index (χ0n) is 9.35. The van der Waals surface area contributed by atoms with Crippen molar-refractivity contribution in [3.05, 3.63) is 57.8 Å². The maximum absolute atomic E-state index is 13.6. The Bertz CT molecular complexity index is 657. The first-order valence-electron chi connectivity index (χ1n) is 5.12. The van der Waals surface area contributed by atoms with Gasteiger partial charge in [0.25, 0.3) is 0 Å². The van der Waals surface area contributed by atoms with Gasteiger partial charge in [-0.1, -0.05) is 15.9 Å². The lowest BCUT2D eigenvalue weighted by molar-refractivity contribution is 0.588. The summed E-state index contributed by atoms with van der Waals surface area (Å²) in [6.45, 7) is 0. The second kappa shape index (κ2) is 5.33. The third kappa shape index (κ3) is 2.88. The Morgan fingerprint density at radius 3 is 2.16 bits per heavy atom. The number of rotatable bonds is 2. The van der Waals surface area contributed by atoms with Gasteiger partial charge in [-0.2, -0.15) is 5.26 Å². The molecule has 0 atom stereocenters. The molecule has 0 aliphatic heterocycles. The Kier molecular flexibility index (Phi) is 3.76. The molecular weight excluding hydrogens is 321 g/mol. The summed E-state index contributed by atoms with van der Waals surface area (Å²) < 4.78 is 41.3. The molecule has 0 amide bonds. The van der Waals surface area contributed by atoms with Gasteiger partial charge in [0.2, 0.25) is 0 Å². The van der Waals surface area contributed by atoms with Gasteiger partial charge in [0.05, 0.1) is 17.3 Å². The van der Waals surface area contributed by atoms with Crippen molar-refractivity contribution in [1.29, 1.82) is 5.26 Å². The molecule has 2 aromatic carbocycles. The molecule has 96 valence electrons. The van der Waals surface area contributed by atoms with Gasteiger partial charge < -0.3 is 5.32 Å². The fraction of sp³-hybridized carbons (Fsp3) is 0. The molecule has 0 spiro atoms. The maximum Gasteiger partial charge on any atom is 0.150 e. The van der Waals surface area contributed by atoms with Gasteiger partial charge in [0.1, 0.15) is 11.5 Å². The summed E-state index contributed by atoms with van der Waals surface area (Å²) >= 11 is 3.08. The number of anilines is 2. The highest BCUT2D eigenvalue weighted by Crippen LogP contribution is 2.27. The molecule has 0 aliphatic carbocycles. The quantitative estimate of drug-likeness (QED) is 0.883. The van der Waals surface area contributed by atoms with Crippen LogP contribution in [0.1, 0.15) is 5.56 Å². The van der Waals surface area contributed by atoms with Crippen LogP contribution in [0, 0.1) is 28.8 Å². The molecule has 0 radical (unpaired) electrons. The molecule has 0 aliphatic rings. The van der Waals surface area contributed by atoms with Crippen molar-refractivity contribution >= 4 is 27.3 Å². The van der Waals surface area contributed by atoms with E-state index in [4.69, 9.17) is 5.26 Å². The molecular formula is C13H6BrF3N2. The van der Waals surface area contributed by atoms with Crippen molar-refractivity contribution in [2.24, 2.45) is 0 Å². The highest BCUT2D eigenvalue weighted by molar-refractivity contribution is 9.10. The van der Waals surface area contributed by atoms with Crippen LogP contribution in [0.3, 0.4) is 0 Å². The molecule has 19 heavy (non-hydrogen) atoms. The first kappa shape index (κ1) is 13.4. The predicted molar refractivity (Wildman–Crippen MR) is 68.5 cm³/mol. The molecule has 0 saturated carbocycles. The van der Waals surface area contributed by atoms with Crippen LogP contribution >= 0.6 is 15.9 Å². The summed E-state index contributed by atoms with van der Waals surface area (Å²) in [6, 6.07) is 7.43. The molecule has 0 heterocycles. The third-order valence-corrected chi connectivity index (χ3v) is 2.86. The molecule has 2 rings (SSSR count). The second-order valence-corrected chi connectivity index (χ2v) is 4.59. The van der Waals surface area contributed by atoms with E-state index in [9.17, 15) is 13.2 Å². The van der Waals surface area contributed by atoms with Gasteiger partial charge in [0, 0.05) is 4.47 Å². The number of halogens is 4. The number of nitrogens with zero attached hydrogens (tertiary/aromatic N) is 1. The highest BCUT2D eigenvalue weighted by Gasteiger charge is 2.13. The van der Waals surface area contributed by atoms with Crippen molar-refractivity contribution in [2.75, 3.05) is 5.32 Å². The van der Waals surface area contributed by atoms with E-state index >= 15 is 0 Å². The van der Waals surface area contributed by atoms with Gasteiger partial charge in [0.15, 0.2) is 11.6 Å². The summed E-state index contributed by atoms with van der Waals surface area (Å²) in [5, 5.41) is 10.9. The Labute approximate surface area is 115 Å². The van der Waals surface area contributed by atoms with Crippen molar-refractivity contribution < 1.29 is 13.2 Å². The van der Waals surface area contributed by atoms with Gasteiger partial charge >= 0.3 is 0 Å². The normalized spacial score (nSPS) is 10.1. The Morgan fingerprint density at radius 1 is 1.00 bits per heavy atom. The Morgan fingerprint density at radius 2 is 1.63 bits per heavy atom. The summed E-state index contributed by atoms with van der Waals surface area (Å²) in [7, 11) is 0. The second-order valence-electron chi connectivity index (χ2n) is 3.68. The van der Waals surface area contributed by atoms with E-state index in [1.54, 1.807) is 6.07 Å². The molecule has 0 saturated heterocycles. The minimum absolute atomic E-state index is 0.0642. The van der Waals surface area contributed by atoms with Crippen LogP contribution in [-0.4, -0.2) is 0 Å². The lowest BCUT2D eigenvalue weighted by Gasteiger charge is -2.10. The first-order valence-corrected chi connectivity index (χ1v) is 5.92. The molecule has 0 aromatic heterocycles. The largest absolute Gasteiger partial charge is 0.348 e. The molecule has 2 nitrogen and oxygen atoms in total. The lowest BCUT2D eigenvalue weighted by atomic mass is 10.2. The van der Waals surface area contributed by atoms with Crippen LogP contribution in [-0.2, 0) is 0 Å². The summed E-state index contributed by atoms with van der Waals surface area (Å²) in [4.78, 5) is 0. The minimum Gasteiger partial charge on any atom is -0.348 e. The van der Waals surface area contributed by atoms with Crippen molar-refractivity contribution in [3.8, 4) is 6.07 Å². The smallest absolute Gasteiger partial charge is 0.150 e. The summed E-state index contributed by atoms with van der Waals surface area (Å²) in [6.07, 6.45) is 0. The zero-order chi connectivity index (χ0) is 14.0. The molecule has 2 aromatic rings. The average molecular weight is 327 g/mol. The zero-order valence-corrected chi connectivity index (χ0v) is 10.9. The Hall–Kier alpha value is -2.00.